The third-order valence-corrected chi connectivity index (χ3v) is 0.302. The molecular weight excluding hydrogens is 165 g/mol. The van der Waals surface area contributed by atoms with Crippen LogP contribution in [0.5, 0.6) is 0 Å². The van der Waals surface area contributed by atoms with Gasteiger partial charge < -0.3 is 10.2 Å². The molecule has 2 N–H and O–H groups in total. The van der Waals surface area contributed by atoms with Crippen molar-refractivity contribution >= 4 is 11.9 Å². The van der Waals surface area contributed by atoms with E-state index >= 15 is 0 Å². The van der Waals surface area contributed by atoms with Crippen molar-refractivity contribution in [2.45, 2.75) is 6.42 Å². The van der Waals surface area contributed by atoms with Crippen molar-refractivity contribution in [1.29, 1.82) is 0 Å². The molecular formula is C3H4O4Zn. The standard InChI is InChI=1S/C3H4O4.Zn/c4-2(5)1-3(6)7;/h1H2,(H,4,5)(H,6,7);. The van der Waals surface area contributed by atoms with E-state index in [1.807, 2.05) is 0 Å². The minimum absolute atomic E-state index is 0. The molecule has 0 unspecified atom stereocenters. The minimum Gasteiger partial charge on any atom is -0.481 e. The van der Waals surface area contributed by atoms with Gasteiger partial charge in [-0.2, -0.15) is 0 Å². The summed E-state index contributed by atoms with van der Waals surface area (Å²) in [4.78, 5) is 18.9. The van der Waals surface area contributed by atoms with Gasteiger partial charge in [-0.3, -0.25) is 9.59 Å². The van der Waals surface area contributed by atoms with Crippen LogP contribution in [0.25, 0.3) is 0 Å². The van der Waals surface area contributed by atoms with Crippen LogP contribution in [0.2, 0.25) is 0 Å². The first-order valence-electron chi connectivity index (χ1n) is 1.56. The van der Waals surface area contributed by atoms with Crippen LogP contribution in [0.1, 0.15) is 6.42 Å². The SMILES string of the molecule is O=C(O)CC(=O)O.[Zn]. The second kappa shape index (κ2) is 4.72. The van der Waals surface area contributed by atoms with Crippen LogP contribution in [-0.4, -0.2) is 22.2 Å². The molecule has 0 heterocycles. The molecule has 5 heteroatoms. The number of hydrogen-bond donors (Lipinski definition) is 2. The Bertz CT molecular complexity index is 87.5. The number of hydrogen-bond acceptors (Lipinski definition) is 2. The average molecular weight is 169 g/mol. The normalized spacial score (nSPS) is 7.00. The van der Waals surface area contributed by atoms with E-state index < -0.39 is 18.4 Å². The molecule has 4 nitrogen and oxygen atoms in total. The van der Waals surface area contributed by atoms with Crippen LogP contribution < -0.4 is 0 Å². The summed E-state index contributed by atoms with van der Waals surface area (Å²) in [7, 11) is 0. The monoisotopic (exact) mass is 168 g/mol. The molecule has 0 spiro atoms. The molecule has 42 valence electrons. The molecule has 0 aromatic carbocycles. The van der Waals surface area contributed by atoms with Gasteiger partial charge in [0.15, 0.2) is 0 Å². The smallest absolute Gasteiger partial charge is 0.314 e. The van der Waals surface area contributed by atoms with Crippen molar-refractivity contribution < 1.29 is 39.3 Å². The molecule has 0 atom stereocenters. The van der Waals surface area contributed by atoms with Gasteiger partial charge in [0.05, 0.1) is 0 Å². The maximum Gasteiger partial charge on any atom is 0.314 e. The predicted octanol–water partition coefficient (Wildman–Crippen LogP) is -0.457. The summed E-state index contributed by atoms with van der Waals surface area (Å²) in [6, 6.07) is 0. The maximum absolute atomic E-state index is 9.43. The second-order valence-electron chi connectivity index (χ2n) is 0.964. The molecule has 8 heavy (non-hydrogen) atoms. The minimum atomic E-state index is -1.31. The number of carboxylic acid groups (broad SMARTS) is 2. The summed E-state index contributed by atoms with van der Waals surface area (Å²) in [5.74, 6) is -2.62. The number of rotatable bonds is 2. The van der Waals surface area contributed by atoms with E-state index in [0.717, 1.165) is 0 Å². The molecule has 0 saturated carbocycles. The fraction of sp³-hybridized carbons (Fsp3) is 0.333. The van der Waals surface area contributed by atoms with Crippen LogP contribution in [0.4, 0.5) is 0 Å². The zero-order chi connectivity index (χ0) is 5.86. The third-order valence-electron chi connectivity index (χ3n) is 0.302. The van der Waals surface area contributed by atoms with Crippen molar-refractivity contribution in [3.05, 3.63) is 0 Å². The summed E-state index contributed by atoms with van der Waals surface area (Å²) in [5, 5.41) is 15.4. The van der Waals surface area contributed by atoms with Crippen LogP contribution in [0, 0.1) is 0 Å². The Morgan fingerprint density at radius 2 is 1.38 bits per heavy atom. The Labute approximate surface area is 58.3 Å². The van der Waals surface area contributed by atoms with Crippen LogP contribution in [0.3, 0.4) is 0 Å². The fourth-order valence-electron chi connectivity index (χ4n) is 0.129. The first kappa shape index (κ1) is 10.5. The van der Waals surface area contributed by atoms with Gasteiger partial charge in [0.2, 0.25) is 0 Å². The van der Waals surface area contributed by atoms with Gasteiger partial charge in [0, 0.05) is 19.5 Å². The quantitative estimate of drug-likeness (QED) is 0.433. The van der Waals surface area contributed by atoms with Crippen LogP contribution in [-0.2, 0) is 29.1 Å². The molecule has 0 aliphatic carbocycles. The Balaban J connectivity index is 0. The van der Waals surface area contributed by atoms with Crippen molar-refractivity contribution in [3.8, 4) is 0 Å². The van der Waals surface area contributed by atoms with E-state index in [0.29, 0.717) is 0 Å². The molecule has 0 radical (unpaired) electrons. The topological polar surface area (TPSA) is 74.6 Å². The molecule has 0 saturated heterocycles. The van der Waals surface area contributed by atoms with E-state index in [1.165, 1.54) is 0 Å². The average Bonchev–Trinajstić information content (AvgIpc) is 1.27. The van der Waals surface area contributed by atoms with Gasteiger partial charge in [-0.25, -0.2) is 0 Å². The summed E-state index contributed by atoms with van der Waals surface area (Å²) < 4.78 is 0. The molecule has 0 rings (SSSR count). The van der Waals surface area contributed by atoms with Crippen LogP contribution >= 0.6 is 0 Å². The van der Waals surface area contributed by atoms with Crippen molar-refractivity contribution in [3.63, 3.8) is 0 Å². The number of carbonyl (C=O) groups is 2. The fourth-order valence-corrected chi connectivity index (χ4v) is 0.129. The zero-order valence-corrected chi connectivity index (χ0v) is 7.09. The van der Waals surface area contributed by atoms with Crippen molar-refractivity contribution in [1.82, 2.24) is 0 Å². The molecule has 0 bridgehead atoms. The van der Waals surface area contributed by atoms with Crippen molar-refractivity contribution in [2.24, 2.45) is 0 Å². The molecule has 0 fully saturated rings. The van der Waals surface area contributed by atoms with Gasteiger partial charge in [-0.1, -0.05) is 0 Å². The van der Waals surface area contributed by atoms with Crippen LogP contribution in [0.15, 0.2) is 0 Å². The van der Waals surface area contributed by atoms with Crippen molar-refractivity contribution in [2.75, 3.05) is 0 Å². The third kappa shape index (κ3) is 9.12. The second-order valence-corrected chi connectivity index (χ2v) is 0.964. The molecule has 0 amide bonds. The molecule has 0 aliphatic heterocycles. The number of aliphatic carboxylic acids is 2. The molecule has 0 aromatic heterocycles. The largest absolute Gasteiger partial charge is 0.481 e. The van der Waals surface area contributed by atoms with Gasteiger partial charge in [0.1, 0.15) is 6.42 Å². The van der Waals surface area contributed by atoms with Gasteiger partial charge in [-0.15, -0.1) is 0 Å². The van der Waals surface area contributed by atoms with E-state index in [2.05, 4.69) is 0 Å². The summed E-state index contributed by atoms with van der Waals surface area (Å²) in [5.41, 5.74) is 0. The van der Waals surface area contributed by atoms with E-state index in [9.17, 15) is 9.59 Å². The van der Waals surface area contributed by atoms with E-state index in [1.54, 1.807) is 0 Å². The Hall–Kier alpha value is -0.437. The Morgan fingerprint density at radius 3 is 1.38 bits per heavy atom. The number of carboxylic acids is 2. The Morgan fingerprint density at radius 1 is 1.12 bits per heavy atom. The Kier molecular flexibility index (Phi) is 6.21. The first-order valence-corrected chi connectivity index (χ1v) is 1.56. The summed E-state index contributed by atoms with van der Waals surface area (Å²) in [6.45, 7) is 0. The van der Waals surface area contributed by atoms with E-state index in [4.69, 9.17) is 10.2 Å². The molecule has 0 aromatic rings. The summed E-state index contributed by atoms with van der Waals surface area (Å²) in [6.07, 6.45) is -0.806. The van der Waals surface area contributed by atoms with Gasteiger partial charge >= 0.3 is 11.9 Å². The van der Waals surface area contributed by atoms with Gasteiger partial charge in [0.25, 0.3) is 0 Å². The molecule has 0 aliphatic rings. The van der Waals surface area contributed by atoms with Gasteiger partial charge in [-0.05, 0) is 0 Å². The zero-order valence-electron chi connectivity index (χ0n) is 4.13. The first-order chi connectivity index (χ1) is 3.13. The van der Waals surface area contributed by atoms with E-state index in [-0.39, 0.29) is 19.5 Å². The summed E-state index contributed by atoms with van der Waals surface area (Å²) >= 11 is 0. The maximum atomic E-state index is 9.43. The predicted molar refractivity (Wildman–Crippen MR) is 19.9 cm³/mol.